The fourth-order valence-electron chi connectivity index (χ4n) is 5.69. The quantitative estimate of drug-likeness (QED) is 0.248. The first kappa shape index (κ1) is 23.4. The zero-order valence-corrected chi connectivity index (χ0v) is 22.2. The maximum absolute atomic E-state index is 6.18. The Morgan fingerprint density at radius 1 is 0.488 bits per heavy atom. The van der Waals surface area contributed by atoms with E-state index in [-0.39, 0.29) is 0 Å². The zero-order valence-electron chi connectivity index (χ0n) is 22.2. The number of para-hydroxylation sites is 1. The van der Waals surface area contributed by atoms with Crippen molar-refractivity contribution in [3.05, 3.63) is 156 Å². The lowest BCUT2D eigenvalue weighted by atomic mass is 10.00. The molecule has 4 heteroatoms. The molecule has 0 saturated carbocycles. The van der Waals surface area contributed by atoms with Crippen LogP contribution in [0.25, 0.3) is 43.8 Å². The van der Waals surface area contributed by atoms with Gasteiger partial charge in [-0.2, -0.15) is 0 Å². The summed E-state index contributed by atoms with van der Waals surface area (Å²) in [7, 11) is 0. The minimum Gasteiger partial charge on any atom is -0.456 e. The van der Waals surface area contributed by atoms with E-state index in [2.05, 4.69) is 108 Å². The fraction of sp³-hybridized carbons (Fsp3) is 0.0270. The molecular weight excluding hydrogens is 502 g/mol. The SMILES string of the molecule is c1ccc(C2=NC(c3ccc4ccc5oc6ccccc6c5c4c3)N=C(c3cccc(-c4ccccc4)c3)N2)cc1. The monoisotopic (exact) mass is 527 g/mol. The molecular formula is C37H25N3O. The third-order valence-electron chi connectivity index (χ3n) is 7.71. The van der Waals surface area contributed by atoms with Gasteiger partial charge < -0.3 is 9.73 Å². The van der Waals surface area contributed by atoms with Crippen LogP contribution in [0, 0.1) is 0 Å². The lowest BCUT2D eigenvalue weighted by Crippen LogP contribution is -2.36. The van der Waals surface area contributed by atoms with Crippen LogP contribution in [0.3, 0.4) is 0 Å². The molecule has 1 atom stereocenters. The largest absolute Gasteiger partial charge is 0.456 e. The van der Waals surface area contributed by atoms with E-state index in [9.17, 15) is 0 Å². The molecule has 1 N–H and O–H groups in total. The van der Waals surface area contributed by atoms with Crippen molar-refractivity contribution in [2.24, 2.45) is 9.98 Å². The summed E-state index contributed by atoms with van der Waals surface area (Å²) in [5, 5.41) is 8.08. The summed E-state index contributed by atoms with van der Waals surface area (Å²) in [6, 6.07) is 48.1. The average Bonchev–Trinajstić information content (AvgIpc) is 3.44. The van der Waals surface area contributed by atoms with E-state index >= 15 is 0 Å². The Morgan fingerprint density at radius 2 is 1.15 bits per heavy atom. The molecule has 2 heterocycles. The second-order valence-electron chi connectivity index (χ2n) is 10.3. The molecule has 0 amide bonds. The average molecular weight is 528 g/mol. The van der Waals surface area contributed by atoms with Gasteiger partial charge in [-0.15, -0.1) is 0 Å². The number of amidine groups is 2. The summed E-state index contributed by atoms with van der Waals surface area (Å²) in [6.07, 6.45) is -0.403. The van der Waals surface area contributed by atoms with Gasteiger partial charge in [0.1, 0.15) is 22.8 Å². The number of furan rings is 1. The Morgan fingerprint density at radius 3 is 1.98 bits per heavy atom. The smallest absolute Gasteiger partial charge is 0.169 e. The third-order valence-corrected chi connectivity index (χ3v) is 7.71. The van der Waals surface area contributed by atoms with Crippen LogP contribution in [0.5, 0.6) is 0 Å². The van der Waals surface area contributed by atoms with E-state index in [1.807, 2.05) is 36.4 Å². The van der Waals surface area contributed by atoms with Crippen LogP contribution in [-0.2, 0) is 0 Å². The summed E-state index contributed by atoms with van der Waals surface area (Å²) in [6.45, 7) is 0. The van der Waals surface area contributed by atoms with Gasteiger partial charge in [0.2, 0.25) is 0 Å². The minimum absolute atomic E-state index is 0.403. The molecule has 0 bridgehead atoms. The van der Waals surface area contributed by atoms with Gasteiger partial charge in [-0.25, -0.2) is 9.98 Å². The summed E-state index contributed by atoms with van der Waals surface area (Å²) in [5.41, 5.74) is 7.17. The van der Waals surface area contributed by atoms with Crippen LogP contribution in [0.2, 0.25) is 0 Å². The highest BCUT2D eigenvalue weighted by atomic mass is 16.3. The Labute approximate surface area is 237 Å². The number of fused-ring (bicyclic) bond motifs is 5. The van der Waals surface area contributed by atoms with Crippen molar-refractivity contribution in [1.29, 1.82) is 0 Å². The van der Waals surface area contributed by atoms with Crippen LogP contribution in [-0.4, -0.2) is 11.7 Å². The first-order valence-electron chi connectivity index (χ1n) is 13.8. The van der Waals surface area contributed by atoms with E-state index in [1.54, 1.807) is 0 Å². The molecule has 0 saturated heterocycles. The van der Waals surface area contributed by atoms with Crippen LogP contribution in [0.1, 0.15) is 22.9 Å². The van der Waals surface area contributed by atoms with Crippen LogP contribution in [0.4, 0.5) is 0 Å². The van der Waals surface area contributed by atoms with E-state index in [0.29, 0.717) is 0 Å². The number of benzene rings is 6. The molecule has 41 heavy (non-hydrogen) atoms. The predicted octanol–water partition coefficient (Wildman–Crippen LogP) is 8.90. The molecule has 7 aromatic rings. The standard InChI is InChI=1S/C37H25N3O/c1-3-10-24(11-4-1)27-14-9-15-28(22-27)36-38-35(26-12-5-2-6-13-26)39-37(40-36)29-19-18-25-20-21-33-34(31(25)23-29)30-16-7-8-17-32(30)41-33/h1-23,37H,(H,38,39,40). The van der Waals surface area contributed by atoms with Crippen LogP contribution in [0.15, 0.2) is 154 Å². The maximum Gasteiger partial charge on any atom is 0.169 e. The van der Waals surface area contributed by atoms with Gasteiger partial charge >= 0.3 is 0 Å². The molecule has 8 rings (SSSR count). The first-order valence-corrected chi connectivity index (χ1v) is 13.8. The highest BCUT2D eigenvalue weighted by Gasteiger charge is 2.22. The van der Waals surface area contributed by atoms with Crippen molar-refractivity contribution < 1.29 is 4.42 Å². The molecule has 0 fully saturated rings. The van der Waals surface area contributed by atoms with Gasteiger partial charge in [0.25, 0.3) is 0 Å². The summed E-state index contributed by atoms with van der Waals surface area (Å²) in [5.74, 6) is 1.60. The van der Waals surface area contributed by atoms with Crippen LogP contribution < -0.4 is 5.32 Å². The summed E-state index contributed by atoms with van der Waals surface area (Å²) >= 11 is 0. The van der Waals surface area contributed by atoms with Gasteiger partial charge in [-0.3, -0.25) is 0 Å². The van der Waals surface area contributed by atoms with Gasteiger partial charge in [-0.05, 0) is 51.7 Å². The molecule has 1 unspecified atom stereocenters. The Kier molecular flexibility index (Phi) is 5.49. The molecule has 194 valence electrons. The first-order chi connectivity index (χ1) is 20.3. The highest BCUT2D eigenvalue weighted by Crippen LogP contribution is 2.36. The fourth-order valence-corrected chi connectivity index (χ4v) is 5.69. The molecule has 4 nitrogen and oxygen atoms in total. The Hall–Kier alpha value is -5.48. The van der Waals surface area contributed by atoms with Crippen LogP contribution >= 0.6 is 0 Å². The molecule has 1 aromatic heterocycles. The van der Waals surface area contributed by atoms with Crippen molar-refractivity contribution in [3.63, 3.8) is 0 Å². The van der Waals surface area contributed by atoms with Gasteiger partial charge in [-0.1, -0.05) is 115 Å². The number of nitrogens with one attached hydrogen (secondary N) is 1. The Bertz CT molecular complexity index is 2120. The second-order valence-corrected chi connectivity index (χ2v) is 10.3. The van der Waals surface area contributed by atoms with Crippen molar-refractivity contribution in [1.82, 2.24) is 5.32 Å². The van der Waals surface area contributed by atoms with E-state index in [4.69, 9.17) is 14.4 Å². The molecule has 0 radical (unpaired) electrons. The molecule has 1 aliphatic heterocycles. The second kappa shape index (κ2) is 9.61. The topological polar surface area (TPSA) is 49.9 Å². The Balaban J connectivity index is 1.29. The third kappa shape index (κ3) is 4.17. The van der Waals surface area contributed by atoms with Gasteiger partial charge in [0, 0.05) is 21.9 Å². The number of aliphatic imine (C=N–C) groups is 2. The van der Waals surface area contributed by atoms with E-state index in [0.717, 1.165) is 66.6 Å². The van der Waals surface area contributed by atoms with Crippen molar-refractivity contribution in [2.45, 2.75) is 6.17 Å². The number of hydrogen-bond donors (Lipinski definition) is 1. The molecule has 0 spiro atoms. The zero-order chi connectivity index (χ0) is 27.2. The molecule has 0 aliphatic carbocycles. The minimum atomic E-state index is -0.403. The number of rotatable bonds is 4. The lowest BCUT2D eigenvalue weighted by Gasteiger charge is -2.23. The van der Waals surface area contributed by atoms with Gasteiger partial charge in [0.05, 0.1) is 0 Å². The van der Waals surface area contributed by atoms with Crippen molar-refractivity contribution >= 4 is 44.4 Å². The maximum atomic E-state index is 6.18. The molecule has 6 aromatic carbocycles. The predicted molar refractivity (Wildman–Crippen MR) is 168 cm³/mol. The molecule has 1 aliphatic rings. The lowest BCUT2D eigenvalue weighted by molar-refractivity contribution is 0.669. The normalized spacial score (nSPS) is 15.1. The summed E-state index contributed by atoms with van der Waals surface area (Å²) < 4.78 is 6.18. The highest BCUT2D eigenvalue weighted by molar-refractivity contribution is 6.19. The van der Waals surface area contributed by atoms with Crippen molar-refractivity contribution in [3.8, 4) is 11.1 Å². The van der Waals surface area contributed by atoms with E-state index < -0.39 is 6.17 Å². The number of hydrogen-bond acceptors (Lipinski definition) is 4. The number of nitrogens with zero attached hydrogens (tertiary/aromatic N) is 2. The summed E-state index contributed by atoms with van der Waals surface area (Å²) in [4.78, 5) is 10.3. The van der Waals surface area contributed by atoms with Gasteiger partial charge in [0.15, 0.2) is 6.17 Å². The van der Waals surface area contributed by atoms with Crippen molar-refractivity contribution in [2.75, 3.05) is 0 Å². The van der Waals surface area contributed by atoms with E-state index in [1.165, 1.54) is 5.56 Å².